The Kier molecular flexibility index (Phi) is 11.9. The highest BCUT2D eigenvalue weighted by Gasteiger charge is 2.31. The molecule has 0 aliphatic heterocycles. The van der Waals surface area contributed by atoms with Crippen molar-refractivity contribution >= 4 is 31.3 Å². The third-order valence-electron chi connectivity index (χ3n) is 6.23. The standard InChI is InChI=1S/C30H46O4SSi/c1-8-9-10-25(29(32)34-30(2,3)4)21-26(28(31)33-18-20-36(5,6)7)16-13-23-11-14-24(15-12-23)27-17-19-35-22-27/h11-12,14-15,17,19,22,25-26H,8-10,13,16,18,20-21H2,1-7H3/t25-,26-/m0/s1. The Hall–Kier alpha value is -1.92. The van der Waals surface area contributed by atoms with Crippen LogP contribution < -0.4 is 0 Å². The van der Waals surface area contributed by atoms with Crippen LogP contribution in [0.4, 0.5) is 0 Å². The molecule has 0 aliphatic carbocycles. The van der Waals surface area contributed by atoms with Crippen LogP contribution in [-0.2, 0) is 25.5 Å². The minimum Gasteiger partial charge on any atom is -0.466 e. The van der Waals surface area contributed by atoms with Gasteiger partial charge in [0.05, 0.1) is 18.4 Å². The van der Waals surface area contributed by atoms with E-state index in [9.17, 15) is 9.59 Å². The highest BCUT2D eigenvalue weighted by Crippen LogP contribution is 2.28. The molecule has 6 heteroatoms. The van der Waals surface area contributed by atoms with Gasteiger partial charge in [0, 0.05) is 8.07 Å². The zero-order valence-corrected chi connectivity index (χ0v) is 25.2. The van der Waals surface area contributed by atoms with Crippen molar-refractivity contribution in [2.24, 2.45) is 11.8 Å². The Morgan fingerprint density at radius 2 is 1.61 bits per heavy atom. The first kappa shape index (κ1) is 30.3. The number of carbonyl (C=O) groups excluding carboxylic acids is 2. The van der Waals surface area contributed by atoms with Gasteiger partial charge < -0.3 is 9.47 Å². The van der Waals surface area contributed by atoms with Crippen molar-refractivity contribution in [3.63, 3.8) is 0 Å². The summed E-state index contributed by atoms with van der Waals surface area (Å²) in [4.78, 5) is 26.2. The summed E-state index contributed by atoms with van der Waals surface area (Å²) in [6.45, 7) is 15.1. The average Bonchev–Trinajstić information content (AvgIpc) is 3.32. The van der Waals surface area contributed by atoms with Crippen LogP contribution in [0.25, 0.3) is 11.1 Å². The second kappa shape index (κ2) is 14.1. The van der Waals surface area contributed by atoms with Crippen molar-refractivity contribution in [1.82, 2.24) is 0 Å². The van der Waals surface area contributed by atoms with E-state index in [1.54, 1.807) is 11.3 Å². The highest BCUT2D eigenvalue weighted by molar-refractivity contribution is 7.08. The van der Waals surface area contributed by atoms with E-state index in [-0.39, 0.29) is 23.8 Å². The monoisotopic (exact) mass is 530 g/mol. The molecule has 4 nitrogen and oxygen atoms in total. The predicted octanol–water partition coefficient (Wildman–Crippen LogP) is 8.38. The van der Waals surface area contributed by atoms with Crippen molar-refractivity contribution in [3.05, 3.63) is 46.7 Å². The van der Waals surface area contributed by atoms with Gasteiger partial charge >= 0.3 is 11.9 Å². The summed E-state index contributed by atoms with van der Waals surface area (Å²) < 4.78 is 11.5. The van der Waals surface area contributed by atoms with Crippen molar-refractivity contribution < 1.29 is 19.1 Å². The Morgan fingerprint density at radius 1 is 0.944 bits per heavy atom. The highest BCUT2D eigenvalue weighted by atomic mass is 32.1. The van der Waals surface area contributed by atoms with Gasteiger partial charge in [-0.05, 0) is 86.0 Å². The smallest absolute Gasteiger partial charge is 0.309 e. The first-order chi connectivity index (χ1) is 16.9. The summed E-state index contributed by atoms with van der Waals surface area (Å²) in [5, 5.41) is 4.23. The SMILES string of the molecule is CCCC[C@@H](C[C@H](CCc1ccc(-c2ccsc2)cc1)C(=O)OCC[Si](C)(C)C)C(=O)OC(C)(C)C. The number of unbranched alkanes of at least 4 members (excludes halogenated alkanes) is 1. The molecule has 0 bridgehead atoms. The maximum atomic E-state index is 13.2. The molecule has 36 heavy (non-hydrogen) atoms. The number of carbonyl (C=O) groups is 2. The van der Waals surface area contributed by atoms with Crippen molar-refractivity contribution in [1.29, 1.82) is 0 Å². The molecule has 2 aromatic rings. The summed E-state index contributed by atoms with van der Waals surface area (Å²) in [7, 11) is -1.30. The van der Waals surface area contributed by atoms with Crippen LogP contribution in [0.15, 0.2) is 41.1 Å². The van der Waals surface area contributed by atoms with Gasteiger partial charge in [-0.15, -0.1) is 0 Å². The van der Waals surface area contributed by atoms with E-state index < -0.39 is 13.7 Å². The first-order valence-electron chi connectivity index (χ1n) is 13.4. The molecule has 1 aromatic heterocycles. The fraction of sp³-hybridized carbons (Fsp3) is 0.600. The number of aryl methyl sites for hydroxylation is 1. The maximum Gasteiger partial charge on any atom is 0.309 e. The van der Waals surface area contributed by atoms with E-state index in [0.717, 1.165) is 31.7 Å². The Balaban J connectivity index is 2.12. The van der Waals surface area contributed by atoms with E-state index in [1.807, 2.05) is 20.8 Å². The van der Waals surface area contributed by atoms with Crippen LogP contribution in [0, 0.1) is 11.8 Å². The minimum absolute atomic E-state index is 0.173. The summed E-state index contributed by atoms with van der Waals surface area (Å²) in [6.07, 6.45) is 4.58. The molecule has 0 fully saturated rings. The molecule has 1 aromatic carbocycles. The van der Waals surface area contributed by atoms with Gasteiger partial charge in [0.15, 0.2) is 0 Å². The summed E-state index contributed by atoms with van der Waals surface area (Å²) in [5.74, 6) is -0.985. The third-order valence-corrected chi connectivity index (χ3v) is 8.62. The van der Waals surface area contributed by atoms with E-state index >= 15 is 0 Å². The molecule has 2 atom stereocenters. The predicted molar refractivity (Wildman–Crippen MR) is 154 cm³/mol. The normalized spacial score (nSPS) is 13.8. The largest absolute Gasteiger partial charge is 0.466 e. The van der Waals surface area contributed by atoms with Crippen LogP contribution in [0.1, 0.15) is 65.4 Å². The Morgan fingerprint density at radius 3 is 2.17 bits per heavy atom. The number of rotatable bonds is 14. The van der Waals surface area contributed by atoms with E-state index in [0.29, 0.717) is 19.4 Å². The first-order valence-corrected chi connectivity index (χ1v) is 18.0. The fourth-order valence-corrected chi connectivity index (χ4v) is 5.43. The lowest BCUT2D eigenvalue weighted by Gasteiger charge is -2.26. The molecule has 0 amide bonds. The zero-order chi connectivity index (χ0) is 26.8. The Bertz CT molecular complexity index is 923. The second-order valence-electron chi connectivity index (χ2n) is 12.0. The van der Waals surface area contributed by atoms with Gasteiger partial charge in [-0.1, -0.05) is 63.7 Å². The van der Waals surface area contributed by atoms with E-state index in [1.165, 1.54) is 16.7 Å². The Labute approximate surface area is 223 Å². The maximum absolute atomic E-state index is 13.2. The third kappa shape index (κ3) is 11.4. The molecule has 200 valence electrons. The van der Waals surface area contributed by atoms with Gasteiger partial charge in [-0.25, -0.2) is 0 Å². The van der Waals surface area contributed by atoms with Crippen molar-refractivity contribution in [2.75, 3.05) is 6.61 Å². The second-order valence-corrected chi connectivity index (χ2v) is 18.4. The molecule has 0 spiro atoms. The topological polar surface area (TPSA) is 52.6 Å². The van der Waals surface area contributed by atoms with Gasteiger partial charge in [-0.3, -0.25) is 9.59 Å². The zero-order valence-electron chi connectivity index (χ0n) is 23.4. The number of esters is 2. The fourth-order valence-electron chi connectivity index (χ4n) is 4.05. The van der Waals surface area contributed by atoms with Crippen LogP contribution >= 0.6 is 11.3 Å². The lowest BCUT2D eigenvalue weighted by Crippen LogP contribution is -2.32. The van der Waals surface area contributed by atoms with Crippen LogP contribution in [0.2, 0.25) is 25.7 Å². The van der Waals surface area contributed by atoms with Crippen LogP contribution in [0.3, 0.4) is 0 Å². The molecular weight excluding hydrogens is 484 g/mol. The molecule has 2 rings (SSSR count). The molecule has 0 saturated heterocycles. The van der Waals surface area contributed by atoms with E-state index in [2.05, 4.69) is 67.7 Å². The quantitative estimate of drug-likeness (QED) is 0.182. The lowest BCUT2D eigenvalue weighted by atomic mass is 9.86. The van der Waals surface area contributed by atoms with E-state index in [4.69, 9.17) is 9.47 Å². The molecule has 0 saturated carbocycles. The summed E-state index contributed by atoms with van der Waals surface area (Å²) in [5.41, 5.74) is 3.08. The number of thiophene rings is 1. The molecule has 0 N–H and O–H groups in total. The lowest BCUT2D eigenvalue weighted by molar-refractivity contribution is -0.162. The molecule has 1 heterocycles. The number of hydrogen-bond acceptors (Lipinski definition) is 5. The van der Waals surface area contributed by atoms with Crippen LogP contribution in [0.5, 0.6) is 0 Å². The van der Waals surface area contributed by atoms with Gasteiger partial charge in [0.1, 0.15) is 5.60 Å². The van der Waals surface area contributed by atoms with Crippen molar-refractivity contribution in [3.8, 4) is 11.1 Å². The number of ether oxygens (including phenoxy) is 2. The molecular formula is C30H46O4SSi. The number of hydrogen-bond donors (Lipinski definition) is 0. The summed E-state index contributed by atoms with van der Waals surface area (Å²) >= 11 is 1.69. The van der Waals surface area contributed by atoms with Crippen molar-refractivity contribution in [2.45, 2.75) is 97.5 Å². The number of benzene rings is 1. The van der Waals surface area contributed by atoms with Gasteiger partial charge in [0.25, 0.3) is 0 Å². The average molecular weight is 531 g/mol. The molecule has 0 radical (unpaired) electrons. The summed E-state index contributed by atoms with van der Waals surface area (Å²) in [6, 6.07) is 11.6. The minimum atomic E-state index is -1.30. The molecule has 0 aliphatic rings. The van der Waals surface area contributed by atoms with Crippen LogP contribution in [-0.4, -0.2) is 32.2 Å². The van der Waals surface area contributed by atoms with Gasteiger partial charge in [0.2, 0.25) is 0 Å². The van der Waals surface area contributed by atoms with Gasteiger partial charge in [-0.2, -0.15) is 11.3 Å². The molecule has 0 unspecified atom stereocenters.